The number of benzene rings is 2. The average Bonchev–Trinajstić information content (AvgIpc) is 3.39. The number of pyridine rings is 1. The molecule has 2 aromatic heterocycles. The molecule has 7 heteroatoms. The molecule has 0 amide bonds. The first-order chi connectivity index (χ1) is 17.5. The van der Waals surface area contributed by atoms with Crippen molar-refractivity contribution in [2.24, 2.45) is 0 Å². The minimum absolute atomic E-state index is 0.0206. The Balaban J connectivity index is 1.58. The lowest BCUT2D eigenvalue weighted by molar-refractivity contribution is 0.310. The molecule has 5 rings (SSSR count). The van der Waals surface area contributed by atoms with E-state index in [1.807, 2.05) is 42.6 Å². The molecule has 36 heavy (non-hydrogen) atoms. The molecule has 1 aliphatic rings. The first kappa shape index (κ1) is 23.9. The van der Waals surface area contributed by atoms with Crippen LogP contribution < -0.4 is 14.8 Å². The lowest BCUT2D eigenvalue weighted by Crippen LogP contribution is -2.29. The van der Waals surface area contributed by atoms with Crippen LogP contribution in [0.5, 0.6) is 11.5 Å². The monoisotopic (exact) mass is 498 g/mol. The van der Waals surface area contributed by atoms with Crippen LogP contribution in [-0.4, -0.2) is 33.8 Å². The summed E-state index contributed by atoms with van der Waals surface area (Å²) < 4.78 is 13.0. The molecule has 4 aromatic rings. The largest absolute Gasteiger partial charge is 0.497 e. The number of hydrogen-bond acceptors (Lipinski definition) is 4. The van der Waals surface area contributed by atoms with E-state index in [-0.39, 0.29) is 12.1 Å². The van der Waals surface area contributed by atoms with Crippen molar-refractivity contribution in [2.75, 3.05) is 14.2 Å². The van der Waals surface area contributed by atoms with Crippen molar-refractivity contribution in [1.29, 1.82) is 0 Å². The Kier molecular flexibility index (Phi) is 6.65. The molecular weight excluding hydrogens is 468 g/mol. The van der Waals surface area contributed by atoms with Gasteiger partial charge < -0.3 is 24.3 Å². The Labute approximate surface area is 217 Å². The van der Waals surface area contributed by atoms with Crippen LogP contribution in [0.15, 0.2) is 79.0 Å². The van der Waals surface area contributed by atoms with Gasteiger partial charge in [-0.1, -0.05) is 18.2 Å². The van der Waals surface area contributed by atoms with Gasteiger partial charge >= 0.3 is 0 Å². The Morgan fingerprint density at radius 3 is 2.19 bits per heavy atom. The number of aryl methyl sites for hydroxylation is 1. The fraction of sp³-hybridized carbons (Fsp3) is 0.241. The number of aromatic nitrogens is 2. The van der Waals surface area contributed by atoms with Crippen molar-refractivity contribution in [3.8, 4) is 17.2 Å². The quantitative estimate of drug-likeness (QED) is 0.331. The van der Waals surface area contributed by atoms with Gasteiger partial charge in [0.15, 0.2) is 5.11 Å². The molecule has 0 bridgehead atoms. The molecule has 6 nitrogen and oxygen atoms in total. The van der Waals surface area contributed by atoms with Gasteiger partial charge in [0.25, 0.3) is 0 Å². The molecule has 0 aliphatic carbocycles. The molecule has 0 radical (unpaired) electrons. The van der Waals surface area contributed by atoms with Crippen LogP contribution in [0.4, 0.5) is 0 Å². The molecule has 184 valence electrons. The molecule has 1 fully saturated rings. The minimum Gasteiger partial charge on any atom is -0.497 e. The number of thiocarbonyl (C=S) groups is 1. The van der Waals surface area contributed by atoms with Crippen molar-refractivity contribution in [3.05, 3.63) is 107 Å². The lowest BCUT2D eigenvalue weighted by Gasteiger charge is -2.28. The molecule has 0 unspecified atom stereocenters. The summed E-state index contributed by atoms with van der Waals surface area (Å²) in [6, 6.07) is 24.5. The van der Waals surface area contributed by atoms with Gasteiger partial charge in [-0.25, -0.2) is 0 Å². The maximum absolute atomic E-state index is 5.89. The van der Waals surface area contributed by atoms with Crippen molar-refractivity contribution < 1.29 is 9.47 Å². The zero-order valence-electron chi connectivity index (χ0n) is 20.9. The van der Waals surface area contributed by atoms with Crippen LogP contribution >= 0.6 is 12.2 Å². The molecule has 1 N–H and O–H groups in total. The van der Waals surface area contributed by atoms with Crippen LogP contribution in [0.3, 0.4) is 0 Å². The summed E-state index contributed by atoms with van der Waals surface area (Å²) in [5, 5.41) is 4.29. The third kappa shape index (κ3) is 4.42. The van der Waals surface area contributed by atoms with E-state index in [0.29, 0.717) is 6.54 Å². The Hall–Kier alpha value is -3.84. The van der Waals surface area contributed by atoms with Gasteiger partial charge in [0.1, 0.15) is 11.5 Å². The van der Waals surface area contributed by atoms with Crippen molar-refractivity contribution in [2.45, 2.75) is 32.5 Å². The van der Waals surface area contributed by atoms with Crippen LogP contribution in [0.2, 0.25) is 0 Å². The third-order valence-corrected chi connectivity index (χ3v) is 7.18. The van der Waals surface area contributed by atoms with Crippen LogP contribution in [-0.2, 0) is 6.54 Å². The molecule has 1 saturated heterocycles. The summed E-state index contributed by atoms with van der Waals surface area (Å²) in [6.45, 7) is 5.00. The number of nitrogens with one attached hydrogen (secondary N) is 1. The summed E-state index contributed by atoms with van der Waals surface area (Å²) >= 11 is 5.89. The van der Waals surface area contributed by atoms with E-state index < -0.39 is 0 Å². The van der Waals surface area contributed by atoms with Gasteiger partial charge in [0.2, 0.25) is 0 Å². The molecule has 3 heterocycles. The molecular formula is C29H30N4O2S. The number of ether oxygens (including phenoxy) is 2. The highest BCUT2D eigenvalue weighted by molar-refractivity contribution is 7.80. The predicted octanol–water partition coefficient (Wildman–Crippen LogP) is 5.68. The van der Waals surface area contributed by atoms with Crippen LogP contribution in [0.1, 0.15) is 40.3 Å². The van der Waals surface area contributed by atoms with E-state index in [0.717, 1.165) is 39.3 Å². The van der Waals surface area contributed by atoms with E-state index in [1.54, 1.807) is 14.2 Å². The van der Waals surface area contributed by atoms with E-state index in [9.17, 15) is 0 Å². The molecule has 1 aliphatic heterocycles. The number of hydrogen-bond donors (Lipinski definition) is 1. The van der Waals surface area contributed by atoms with Crippen LogP contribution in [0.25, 0.3) is 5.69 Å². The van der Waals surface area contributed by atoms with Crippen molar-refractivity contribution in [3.63, 3.8) is 0 Å². The van der Waals surface area contributed by atoms with E-state index in [4.69, 9.17) is 21.7 Å². The normalized spacial score (nSPS) is 17.2. The molecule has 0 saturated carbocycles. The van der Waals surface area contributed by atoms with E-state index in [2.05, 4.69) is 70.0 Å². The summed E-state index contributed by atoms with van der Waals surface area (Å²) in [5.74, 6) is 1.68. The van der Waals surface area contributed by atoms with Gasteiger partial charge in [0, 0.05) is 29.8 Å². The Bertz CT molecular complexity index is 1350. The fourth-order valence-electron chi connectivity index (χ4n) is 5.06. The van der Waals surface area contributed by atoms with Crippen LogP contribution in [0, 0.1) is 13.8 Å². The third-order valence-electron chi connectivity index (χ3n) is 6.83. The molecule has 0 spiro atoms. The number of nitrogens with zero attached hydrogens (tertiary/aromatic N) is 3. The SMILES string of the molecule is COc1ccc(CN2C(=S)N[C@H](c3ccccn3)[C@@H]2c2cc(C)n(-c3ccc(OC)cc3)c2C)cc1. The second-order valence-electron chi connectivity index (χ2n) is 8.96. The smallest absolute Gasteiger partial charge is 0.170 e. The maximum Gasteiger partial charge on any atom is 0.170 e. The Morgan fingerprint density at radius 1 is 0.917 bits per heavy atom. The van der Waals surface area contributed by atoms with Gasteiger partial charge in [-0.2, -0.15) is 0 Å². The first-order valence-corrected chi connectivity index (χ1v) is 12.3. The summed E-state index contributed by atoms with van der Waals surface area (Å²) in [7, 11) is 3.37. The number of methoxy groups -OCH3 is 2. The summed E-state index contributed by atoms with van der Waals surface area (Å²) in [4.78, 5) is 6.96. The second kappa shape index (κ2) is 10.0. The molecule has 2 atom stereocenters. The van der Waals surface area contributed by atoms with Crippen molar-refractivity contribution in [1.82, 2.24) is 19.8 Å². The minimum atomic E-state index is -0.0678. The Morgan fingerprint density at radius 2 is 1.58 bits per heavy atom. The zero-order valence-corrected chi connectivity index (χ0v) is 21.8. The molecule has 2 aromatic carbocycles. The topological polar surface area (TPSA) is 51.5 Å². The summed E-state index contributed by atoms with van der Waals surface area (Å²) in [6.07, 6.45) is 1.84. The van der Waals surface area contributed by atoms with Gasteiger partial charge in [-0.05, 0) is 91.8 Å². The lowest BCUT2D eigenvalue weighted by atomic mass is 9.96. The average molecular weight is 499 g/mol. The fourth-order valence-corrected chi connectivity index (χ4v) is 5.36. The van der Waals surface area contributed by atoms with Gasteiger partial charge in [-0.15, -0.1) is 0 Å². The zero-order chi connectivity index (χ0) is 25.2. The number of rotatable bonds is 7. The highest BCUT2D eigenvalue weighted by Gasteiger charge is 2.41. The van der Waals surface area contributed by atoms with Crippen molar-refractivity contribution >= 4 is 17.3 Å². The standard InChI is InChI=1S/C29H30N4O2S/c1-19-17-25(20(2)33(19)22-10-14-24(35-4)15-11-22)28-27(26-7-5-6-16-30-26)31-29(36)32(28)18-21-8-12-23(34-3)13-9-21/h5-17,27-28H,18H2,1-4H3,(H,31,36)/t27-,28+/m1/s1. The van der Waals surface area contributed by atoms with E-state index in [1.165, 1.54) is 11.3 Å². The van der Waals surface area contributed by atoms with Gasteiger partial charge in [-0.3, -0.25) is 4.98 Å². The first-order valence-electron chi connectivity index (χ1n) is 11.9. The predicted molar refractivity (Wildman–Crippen MR) is 146 cm³/mol. The van der Waals surface area contributed by atoms with E-state index >= 15 is 0 Å². The summed E-state index contributed by atoms with van der Waals surface area (Å²) in [5.41, 5.74) is 6.79. The highest BCUT2D eigenvalue weighted by Crippen LogP contribution is 2.42. The highest BCUT2D eigenvalue weighted by atomic mass is 32.1. The van der Waals surface area contributed by atoms with Gasteiger partial charge in [0.05, 0.1) is 32.0 Å². The second-order valence-corrected chi connectivity index (χ2v) is 9.35. The maximum atomic E-state index is 5.89.